The standard InChI is InChI=1S/C35H37Cl2N3O4S/c1-25-14-11-12-17-27(25)23-39(31(34(42)38-35(2,3)4)22-26-15-7-5-8-16-26)32(41)24-40(30-21-13-20-29(36)33(30)37)45(43,44)28-18-9-6-10-19-28/h5-21,31H,22-24H2,1-4H3,(H,38,42)/t31-/m1/s1. The quantitative estimate of drug-likeness (QED) is 0.186. The SMILES string of the molecule is Cc1ccccc1CN(C(=O)CN(c1cccc(Cl)c1Cl)S(=O)(=O)c1ccccc1)[C@H](Cc1ccccc1)C(=O)NC(C)(C)C. The van der Waals surface area contributed by atoms with Crippen LogP contribution in [-0.2, 0) is 32.6 Å². The number of benzene rings is 4. The number of sulfonamides is 1. The molecule has 1 N–H and O–H groups in total. The minimum Gasteiger partial charge on any atom is -0.350 e. The average molecular weight is 667 g/mol. The summed E-state index contributed by atoms with van der Waals surface area (Å²) in [5, 5.41) is 3.16. The summed E-state index contributed by atoms with van der Waals surface area (Å²) in [5.74, 6) is -0.940. The fourth-order valence-electron chi connectivity index (χ4n) is 4.90. The van der Waals surface area contributed by atoms with Gasteiger partial charge in [-0.1, -0.05) is 102 Å². The number of nitrogens with one attached hydrogen (secondary N) is 1. The van der Waals surface area contributed by atoms with E-state index in [1.807, 2.05) is 82.3 Å². The van der Waals surface area contributed by atoms with Crippen LogP contribution in [0.15, 0.2) is 108 Å². The van der Waals surface area contributed by atoms with Crippen LogP contribution >= 0.6 is 23.2 Å². The average Bonchev–Trinajstić information content (AvgIpc) is 3.00. The molecule has 0 aromatic heterocycles. The largest absolute Gasteiger partial charge is 0.350 e. The predicted molar refractivity (Wildman–Crippen MR) is 181 cm³/mol. The van der Waals surface area contributed by atoms with Crippen LogP contribution < -0.4 is 9.62 Å². The number of anilines is 1. The lowest BCUT2D eigenvalue weighted by Crippen LogP contribution is -2.56. The van der Waals surface area contributed by atoms with Crippen LogP contribution in [0.3, 0.4) is 0 Å². The maximum atomic E-state index is 14.6. The second-order valence-corrected chi connectivity index (χ2v) is 14.4. The number of rotatable bonds is 11. The third-order valence-electron chi connectivity index (χ3n) is 7.18. The number of hydrogen-bond acceptors (Lipinski definition) is 4. The van der Waals surface area contributed by atoms with Gasteiger partial charge in [-0.25, -0.2) is 8.42 Å². The third-order valence-corrected chi connectivity index (χ3v) is 9.76. The van der Waals surface area contributed by atoms with Crippen LogP contribution in [0.1, 0.15) is 37.5 Å². The number of carbonyl (C=O) groups excluding carboxylic acids is 2. The summed E-state index contributed by atoms with van der Waals surface area (Å²) >= 11 is 12.9. The first-order chi connectivity index (χ1) is 21.3. The number of halogens is 2. The molecule has 1 atom stereocenters. The third kappa shape index (κ3) is 8.66. The van der Waals surface area contributed by atoms with Crippen LogP contribution in [0.4, 0.5) is 5.69 Å². The summed E-state index contributed by atoms with van der Waals surface area (Å²) in [4.78, 5) is 30.0. The number of carbonyl (C=O) groups is 2. The van der Waals surface area contributed by atoms with Gasteiger partial charge in [0.15, 0.2) is 0 Å². The van der Waals surface area contributed by atoms with E-state index in [0.29, 0.717) is 0 Å². The van der Waals surface area contributed by atoms with Crippen LogP contribution in [0.5, 0.6) is 0 Å². The highest BCUT2D eigenvalue weighted by molar-refractivity contribution is 7.92. The van der Waals surface area contributed by atoms with E-state index in [0.717, 1.165) is 21.0 Å². The van der Waals surface area contributed by atoms with E-state index < -0.39 is 34.1 Å². The van der Waals surface area contributed by atoms with E-state index in [4.69, 9.17) is 23.2 Å². The second-order valence-electron chi connectivity index (χ2n) is 11.8. The summed E-state index contributed by atoms with van der Waals surface area (Å²) in [6.45, 7) is 6.98. The van der Waals surface area contributed by atoms with E-state index >= 15 is 0 Å². The van der Waals surface area contributed by atoms with Gasteiger partial charge in [0.2, 0.25) is 11.8 Å². The molecule has 0 aliphatic heterocycles. The van der Waals surface area contributed by atoms with Crippen molar-refractivity contribution in [3.63, 3.8) is 0 Å². The number of amides is 2. The lowest BCUT2D eigenvalue weighted by Gasteiger charge is -2.35. The van der Waals surface area contributed by atoms with Crippen molar-refractivity contribution in [3.8, 4) is 0 Å². The highest BCUT2D eigenvalue weighted by atomic mass is 35.5. The smallest absolute Gasteiger partial charge is 0.264 e. The van der Waals surface area contributed by atoms with Crippen LogP contribution in [-0.4, -0.2) is 43.3 Å². The lowest BCUT2D eigenvalue weighted by molar-refractivity contribution is -0.140. The van der Waals surface area contributed by atoms with Crippen molar-refractivity contribution in [2.45, 2.75) is 57.1 Å². The zero-order valence-corrected chi connectivity index (χ0v) is 28.0. The first kappa shape index (κ1) is 34.0. The van der Waals surface area contributed by atoms with Crippen molar-refractivity contribution in [1.29, 1.82) is 0 Å². The summed E-state index contributed by atoms with van der Waals surface area (Å²) in [6, 6.07) is 28.4. The first-order valence-corrected chi connectivity index (χ1v) is 16.7. The number of aryl methyl sites for hydroxylation is 1. The molecule has 0 fully saturated rings. The molecule has 10 heteroatoms. The molecule has 0 heterocycles. The van der Waals surface area contributed by atoms with E-state index in [9.17, 15) is 18.0 Å². The zero-order valence-electron chi connectivity index (χ0n) is 25.7. The number of hydrogen-bond donors (Lipinski definition) is 1. The fraction of sp³-hybridized carbons (Fsp3) is 0.257. The molecule has 4 aromatic carbocycles. The van der Waals surface area contributed by atoms with Crippen LogP contribution in [0.2, 0.25) is 10.0 Å². The monoisotopic (exact) mass is 665 g/mol. The van der Waals surface area contributed by atoms with Gasteiger partial charge in [0.1, 0.15) is 12.6 Å². The topological polar surface area (TPSA) is 86.8 Å². The maximum absolute atomic E-state index is 14.6. The molecule has 0 aliphatic rings. The Morgan fingerprint density at radius 1 is 0.822 bits per heavy atom. The molecule has 0 spiro atoms. The normalized spacial score (nSPS) is 12.3. The van der Waals surface area contributed by atoms with E-state index in [1.54, 1.807) is 30.3 Å². The van der Waals surface area contributed by atoms with Crippen LogP contribution in [0, 0.1) is 6.92 Å². The molecule has 7 nitrogen and oxygen atoms in total. The Morgan fingerprint density at radius 3 is 2.04 bits per heavy atom. The minimum atomic E-state index is -4.29. The molecule has 0 saturated carbocycles. The molecular formula is C35H37Cl2N3O4S. The Morgan fingerprint density at radius 2 is 1.42 bits per heavy atom. The first-order valence-electron chi connectivity index (χ1n) is 14.5. The molecular weight excluding hydrogens is 629 g/mol. The minimum absolute atomic E-state index is 0.0109. The lowest BCUT2D eigenvalue weighted by atomic mass is 10.00. The van der Waals surface area contributed by atoms with Crippen LogP contribution in [0.25, 0.3) is 0 Å². The molecule has 236 valence electrons. The van der Waals surface area contributed by atoms with E-state index in [-0.39, 0.29) is 39.5 Å². The van der Waals surface area contributed by atoms with Crippen molar-refractivity contribution in [2.24, 2.45) is 0 Å². The van der Waals surface area contributed by atoms with Gasteiger partial charge in [-0.15, -0.1) is 0 Å². The van der Waals surface area contributed by atoms with Gasteiger partial charge in [0.25, 0.3) is 10.0 Å². The molecule has 45 heavy (non-hydrogen) atoms. The molecule has 2 amide bonds. The van der Waals surface area contributed by atoms with Crippen molar-refractivity contribution in [2.75, 3.05) is 10.8 Å². The molecule has 0 aliphatic carbocycles. The number of nitrogens with zero attached hydrogens (tertiary/aromatic N) is 2. The summed E-state index contributed by atoms with van der Waals surface area (Å²) in [6.07, 6.45) is 0.212. The molecule has 4 aromatic rings. The highest BCUT2D eigenvalue weighted by Gasteiger charge is 2.36. The molecule has 4 rings (SSSR count). The molecule has 0 radical (unpaired) electrons. The van der Waals surface area contributed by atoms with E-state index in [2.05, 4.69) is 5.32 Å². The predicted octanol–water partition coefficient (Wildman–Crippen LogP) is 7.05. The zero-order chi connectivity index (χ0) is 32.8. The Labute approximate surface area is 275 Å². The summed E-state index contributed by atoms with van der Waals surface area (Å²) < 4.78 is 29.2. The summed E-state index contributed by atoms with van der Waals surface area (Å²) in [5.41, 5.74) is 2.07. The molecule has 0 unspecified atom stereocenters. The Balaban J connectivity index is 1.85. The highest BCUT2D eigenvalue weighted by Crippen LogP contribution is 2.35. The van der Waals surface area contributed by atoms with Gasteiger partial charge < -0.3 is 10.2 Å². The van der Waals surface area contributed by atoms with Gasteiger partial charge in [-0.05, 0) is 68.7 Å². The van der Waals surface area contributed by atoms with E-state index in [1.165, 1.54) is 23.1 Å². The summed E-state index contributed by atoms with van der Waals surface area (Å²) in [7, 11) is -4.29. The fourth-order valence-corrected chi connectivity index (χ4v) is 6.79. The van der Waals surface area contributed by atoms with Gasteiger partial charge in [-0.2, -0.15) is 0 Å². The van der Waals surface area contributed by atoms with Gasteiger partial charge in [0, 0.05) is 18.5 Å². The van der Waals surface area contributed by atoms with Crippen molar-refractivity contribution < 1.29 is 18.0 Å². The Bertz CT molecular complexity index is 1740. The molecule has 0 bridgehead atoms. The van der Waals surface area contributed by atoms with Crippen molar-refractivity contribution in [3.05, 3.63) is 130 Å². The van der Waals surface area contributed by atoms with Gasteiger partial charge >= 0.3 is 0 Å². The van der Waals surface area contributed by atoms with Gasteiger partial charge in [0.05, 0.1) is 20.6 Å². The van der Waals surface area contributed by atoms with Gasteiger partial charge in [-0.3, -0.25) is 13.9 Å². The van der Waals surface area contributed by atoms with Crippen molar-refractivity contribution in [1.82, 2.24) is 10.2 Å². The maximum Gasteiger partial charge on any atom is 0.264 e. The Hall–Kier alpha value is -3.85. The Kier molecular flexibility index (Phi) is 11.0. The van der Waals surface area contributed by atoms with Crippen molar-refractivity contribution >= 4 is 50.7 Å². The second kappa shape index (κ2) is 14.5. The molecule has 0 saturated heterocycles.